The molecule has 0 aromatic rings. The Morgan fingerprint density at radius 3 is 1.29 bits per heavy atom. The summed E-state index contributed by atoms with van der Waals surface area (Å²) in [5.74, 6) is 1.66. The maximum atomic E-state index is 5.64. The minimum absolute atomic E-state index is 0.379. The fourth-order valence-corrected chi connectivity index (χ4v) is 7.89. The molecule has 5 aliphatic heterocycles. The van der Waals surface area contributed by atoms with Gasteiger partial charge >= 0.3 is 0 Å². The molecule has 0 aromatic heterocycles. The molecule has 0 saturated carbocycles. The van der Waals surface area contributed by atoms with E-state index < -0.39 is 0 Å². The van der Waals surface area contributed by atoms with E-state index in [4.69, 9.17) is 23.7 Å². The van der Waals surface area contributed by atoms with Crippen molar-refractivity contribution >= 4 is 0 Å². The SMILES string of the molecule is CC(C)OC1CCN(C)C1.CC(C)OCC1CCCN1C.CC(C)OCC1CCN(C)C1.CC(C)OCCC1CCCN1C.CC(C)OCCC1CCN(C)C1. The minimum Gasteiger partial charge on any atom is -0.379 e. The van der Waals surface area contributed by atoms with Gasteiger partial charge in [0.05, 0.1) is 49.8 Å². The van der Waals surface area contributed by atoms with Crippen molar-refractivity contribution in [1.82, 2.24) is 24.5 Å². The van der Waals surface area contributed by atoms with Crippen LogP contribution < -0.4 is 0 Å². The van der Waals surface area contributed by atoms with Crippen molar-refractivity contribution in [3.05, 3.63) is 0 Å². The Labute approximate surface area is 349 Å². The third-order valence-corrected chi connectivity index (χ3v) is 11.3. The van der Waals surface area contributed by atoms with Crippen LogP contribution in [0.4, 0.5) is 0 Å². The molecule has 5 fully saturated rings. The molecule has 5 unspecified atom stereocenters. The smallest absolute Gasteiger partial charge is 0.0717 e. The quantitative estimate of drug-likeness (QED) is 0.156. The monoisotopic (exact) mass is 800 g/mol. The molecule has 0 N–H and O–H groups in total. The fraction of sp³-hybridized carbons (Fsp3) is 1.00. The first-order chi connectivity index (χ1) is 26.4. The molecule has 336 valence electrons. The molecule has 0 aromatic carbocycles. The lowest BCUT2D eigenvalue weighted by Crippen LogP contribution is -2.30. The van der Waals surface area contributed by atoms with Gasteiger partial charge in [-0.25, -0.2) is 0 Å². The van der Waals surface area contributed by atoms with Crippen LogP contribution in [0.25, 0.3) is 0 Å². The molecule has 10 nitrogen and oxygen atoms in total. The number of likely N-dealkylation sites (tertiary alicyclic amines) is 5. The van der Waals surface area contributed by atoms with Crippen molar-refractivity contribution in [2.45, 2.75) is 176 Å². The van der Waals surface area contributed by atoms with Crippen LogP contribution in [0.5, 0.6) is 0 Å². The van der Waals surface area contributed by atoms with E-state index in [0.717, 1.165) is 50.8 Å². The van der Waals surface area contributed by atoms with Gasteiger partial charge in [0, 0.05) is 51.5 Å². The summed E-state index contributed by atoms with van der Waals surface area (Å²) in [4.78, 5) is 11.9. The van der Waals surface area contributed by atoms with Crippen molar-refractivity contribution in [1.29, 1.82) is 0 Å². The van der Waals surface area contributed by atoms with E-state index in [1.54, 1.807) is 0 Å². The minimum atomic E-state index is 0.379. The van der Waals surface area contributed by atoms with Gasteiger partial charge in [0.2, 0.25) is 0 Å². The van der Waals surface area contributed by atoms with E-state index in [0.29, 0.717) is 42.7 Å². The fourth-order valence-electron chi connectivity index (χ4n) is 7.89. The zero-order valence-electron chi connectivity index (χ0n) is 39.9. The Bertz CT molecular complexity index is 911. The normalized spacial score (nSPS) is 26.5. The highest BCUT2D eigenvalue weighted by Gasteiger charge is 2.23. The number of ether oxygens (including phenoxy) is 5. The van der Waals surface area contributed by atoms with E-state index >= 15 is 0 Å². The Morgan fingerprint density at radius 1 is 0.429 bits per heavy atom. The van der Waals surface area contributed by atoms with Crippen LogP contribution in [0.3, 0.4) is 0 Å². The van der Waals surface area contributed by atoms with Gasteiger partial charge in [0.1, 0.15) is 0 Å². The third-order valence-electron chi connectivity index (χ3n) is 11.3. The van der Waals surface area contributed by atoms with Gasteiger partial charge in [-0.2, -0.15) is 0 Å². The predicted octanol–water partition coefficient (Wildman–Crippen LogP) is 7.63. The van der Waals surface area contributed by atoms with Crippen LogP contribution in [0.15, 0.2) is 0 Å². The van der Waals surface area contributed by atoms with Crippen LogP contribution in [-0.2, 0) is 23.7 Å². The average Bonchev–Trinajstić information content (AvgIpc) is 3.96. The molecule has 0 amide bonds. The molecule has 5 heterocycles. The lowest BCUT2D eigenvalue weighted by Gasteiger charge is -2.20. The Kier molecular flexibility index (Phi) is 30.1. The first kappa shape index (κ1) is 53.6. The zero-order chi connectivity index (χ0) is 42.0. The van der Waals surface area contributed by atoms with Crippen LogP contribution in [0.2, 0.25) is 0 Å². The molecule has 0 bridgehead atoms. The number of hydrogen-bond acceptors (Lipinski definition) is 10. The summed E-state index contributed by atoms with van der Waals surface area (Å²) < 4.78 is 27.8. The summed E-state index contributed by atoms with van der Waals surface area (Å²) in [5, 5.41) is 0. The van der Waals surface area contributed by atoms with Crippen LogP contribution in [0.1, 0.15) is 127 Å². The van der Waals surface area contributed by atoms with Gasteiger partial charge < -0.3 is 48.2 Å². The number of hydrogen-bond donors (Lipinski definition) is 0. The van der Waals surface area contributed by atoms with Crippen molar-refractivity contribution in [2.24, 2.45) is 11.8 Å². The largest absolute Gasteiger partial charge is 0.379 e. The van der Waals surface area contributed by atoms with Gasteiger partial charge in [0.25, 0.3) is 0 Å². The highest BCUT2D eigenvalue weighted by Crippen LogP contribution is 2.19. The van der Waals surface area contributed by atoms with Crippen molar-refractivity contribution in [3.63, 3.8) is 0 Å². The maximum Gasteiger partial charge on any atom is 0.0717 e. The average molecular weight is 800 g/mol. The van der Waals surface area contributed by atoms with Crippen LogP contribution in [0, 0.1) is 11.8 Å². The third kappa shape index (κ3) is 28.1. The number of likely N-dealkylation sites (N-methyl/N-ethyl adjacent to an activating group) is 2. The summed E-state index contributed by atoms with van der Waals surface area (Å²) >= 11 is 0. The molecule has 56 heavy (non-hydrogen) atoms. The van der Waals surface area contributed by atoms with Crippen LogP contribution >= 0.6 is 0 Å². The molecule has 0 spiro atoms. The Morgan fingerprint density at radius 2 is 0.875 bits per heavy atom. The summed E-state index contributed by atoms with van der Waals surface area (Å²) in [5.41, 5.74) is 0. The summed E-state index contributed by atoms with van der Waals surface area (Å²) in [6.45, 7) is 34.5. The van der Waals surface area contributed by atoms with Gasteiger partial charge in [-0.3, -0.25) is 0 Å². The van der Waals surface area contributed by atoms with E-state index in [2.05, 4.69) is 129 Å². The molecule has 0 radical (unpaired) electrons. The van der Waals surface area contributed by atoms with E-state index in [1.165, 1.54) is 104 Å². The van der Waals surface area contributed by atoms with E-state index in [1.807, 2.05) is 0 Å². The van der Waals surface area contributed by atoms with E-state index in [-0.39, 0.29) is 0 Å². The first-order valence-electron chi connectivity index (χ1n) is 23.0. The zero-order valence-corrected chi connectivity index (χ0v) is 39.9. The summed E-state index contributed by atoms with van der Waals surface area (Å²) in [7, 11) is 10.9. The molecule has 5 aliphatic rings. The standard InChI is InChI=1S/2C10H21NO.2C9H19NO.C8H17NO/c1-9(2)12-7-5-10-4-6-11(3)8-10;1-9(2)12-8-6-10-5-4-7-11(10)3;1-8(2)11-7-9-4-5-10(3)6-9;1-8(2)11-7-9-5-4-6-10(9)3;1-7(2)10-8-4-5-9(3)6-8/h2*9-10H,4-8H2,1-3H3;2*8-9H,4-7H2,1-3H3;7-8H,4-6H2,1-3H3. The van der Waals surface area contributed by atoms with Gasteiger partial charge in [-0.05, 0) is 200 Å². The van der Waals surface area contributed by atoms with Gasteiger partial charge in [-0.1, -0.05) is 0 Å². The molecule has 5 atom stereocenters. The molecule has 5 saturated heterocycles. The number of nitrogens with zero attached hydrogens (tertiary/aromatic N) is 5. The van der Waals surface area contributed by atoms with Gasteiger partial charge in [0.15, 0.2) is 0 Å². The van der Waals surface area contributed by atoms with Crippen molar-refractivity contribution < 1.29 is 23.7 Å². The second-order valence-electron chi connectivity index (χ2n) is 18.9. The highest BCUT2D eigenvalue weighted by atomic mass is 16.5. The molecule has 5 rings (SSSR count). The van der Waals surface area contributed by atoms with Gasteiger partial charge in [-0.15, -0.1) is 0 Å². The lowest BCUT2D eigenvalue weighted by atomic mass is 10.1. The maximum absolute atomic E-state index is 5.64. The van der Waals surface area contributed by atoms with Crippen molar-refractivity contribution in [3.8, 4) is 0 Å². The van der Waals surface area contributed by atoms with Crippen LogP contribution in [-0.4, -0.2) is 187 Å². The highest BCUT2D eigenvalue weighted by molar-refractivity contribution is 4.77. The van der Waals surface area contributed by atoms with Crippen molar-refractivity contribution in [2.75, 3.05) is 114 Å². The Balaban J connectivity index is 0.000000350. The first-order valence-corrected chi connectivity index (χ1v) is 23.0. The van der Waals surface area contributed by atoms with E-state index in [9.17, 15) is 0 Å². The summed E-state index contributed by atoms with van der Waals surface area (Å²) in [6, 6.07) is 1.46. The summed E-state index contributed by atoms with van der Waals surface area (Å²) in [6.07, 6.45) is 14.1. The molecular weight excluding hydrogens is 703 g/mol. The molecule has 10 heteroatoms. The molecule has 0 aliphatic carbocycles. The topological polar surface area (TPSA) is 62.4 Å². The molecular formula is C46H97N5O5. The Hall–Kier alpha value is -0.400. The predicted molar refractivity (Wildman–Crippen MR) is 238 cm³/mol. The second kappa shape index (κ2) is 31.5. The second-order valence-corrected chi connectivity index (χ2v) is 18.9. The lowest BCUT2D eigenvalue weighted by molar-refractivity contribution is 0.0153. The number of rotatable bonds is 16.